The van der Waals surface area contributed by atoms with Crippen molar-refractivity contribution in [2.75, 3.05) is 5.32 Å². The van der Waals surface area contributed by atoms with Crippen LogP contribution in [-0.4, -0.2) is 10.9 Å². The lowest BCUT2D eigenvalue weighted by molar-refractivity contribution is 0.102. The Bertz CT molecular complexity index is 1030. The van der Waals surface area contributed by atoms with Crippen LogP contribution in [0.2, 0.25) is 0 Å². The van der Waals surface area contributed by atoms with Gasteiger partial charge in [0.25, 0.3) is 5.91 Å². The Morgan fingerprint density at radius 1 is 1.24 bits per heavy atom. The van der Waals surface area contributed by atoms with Gasteiger partial charge in [-0.2, -0.15) is 5.26 Å². The highest BCUT2D eigenvalue weighted by Gasteiger charge is 2.20. The maximum Gasteiger partial charge on any atom is 0.257 e. The monoisotopic (exact) mass is 349 g/mol. The highest BCUT2D eigenvalue weighted by molar-refractivity contribution is 7.16. The molecule has 0 aliphatic rings. The third-order valence-corrected chi connectivity index (χ3v) is 5.65. The maximum absolute atomic E-state index is 13.1. The Morgan fingerprint density at radius 3 is 2.64 bits per heavy atom. The summed E-state index contributed by atoms with van der Waals surface area (Å²) in [6, 6.07) is 9.87. The number of nitriles is 1. The summed E-state index contributed by atoms with van der Waals surface area (Å²) in [4.78, 5) is 18.8. The number of nitrogens with zero attached hydrogens (tertiary/aromatic N) is 2. The van der Waals surface area contributed by atoms with Crippen LogP contribution < -0.4 is 5.32 Å². The number of benzene rings is 1. The van der Waals surface area contributed by atoms with E-state index < -0.39 is 0 Å². The molecule has 0 aliphatic carbocycles. The fraction of sp³-hybridized carbons (Fsp3) is 0.250. The number of carbonyl (C=O) groups is 1. The number of nitrogens with one attached hydrogen (secondary N) is 1. The molecule has 4 nitrogen and oxygen atoms in total. The van der Waals surface area contributed by atoms with Gasteiger partial charge in [-0.3, -0.25) is 9.78 Å². The zero-order valence-electron chi connectivity index (χ0n) is 14.7. The van der Waals surface area contributed by atoms with E-state index in [1.54, 1.807) is 0 Å². The zero-order valence-corrected chi connectivity index (χ0v) is 15.5. The number of anilines is 1. The minimum Gasteiger partial charge on any atom is -0.312 e. The van der Waals surface area contributed by atoms with Gasteiger partial charge in [0.15, 0.2) is 0 Å². The molecule has 0 spiro atoms. The molecule has 1 amide bonds. The van der Waals surface area contributed by atoms with Gasteiger partial charge in [0.1, 0.15) is 11.1 Å². The minimum absolute atomic E-state index is 0.191. The van der Waals surface area contributed by atoms with Crippen molar-refractivity contribution < 1.29 is 4.79 Å². The van der Waals surface area contributed by atoms with Crippen molar-refractivity contribution in [1.82, 2.24) is 4.98 Å². The Hall–Kier alpha value is -2.71. The number of hydrogen-bond donors (Lipinski definition) is 1. The summed E-state index contributed by atoms with van der Waals surface area (Å²) >= 11 is 1.44. The summed E-state index contributed by atoms with van der Waals surface area (Å²) in [7, 11) is 0. The number of aryl methyl sites for hydroxylation is 2. The first kappa shape index (κ1) is 17.1. The molecular formula is C20H19N3OS. The smallest absolute Gasteiger partial charge is 0.257 e. The van der Waals surface area contributed by atoms with E-state index in [4.69, 9.17) is 0 Å². The van der Waals surface area contributed by atoms with E-state index in [2.05, 4.69) is 16.4 Å². The fourth-order valence-electron chi connectivity index (χ4n) is 3.01. The molecule has 0 aliphatic heterocycles. The number of para-hydroxylation sites is 1. The number of amides is 1. The van der Waals surface area contributed by atoms with Gasteiger partial charge in [-0.25, -0.2) is 0 Å². The van der Waals surface area contributed by atoms with Gasteiger partial charge >= 0.3 is 0 Å². The van der Waals surface area contributed by atoms with Crippen LogP contribution in [-0.2, 0) is 6.42 Å². The van der Waals surface area contributed by atoms with Crippen LogP contribution in [0.15, 0.2) is 24.3 Å². The molecule has 2 heterocycles. The van der Waals surface area contributed by atoms with Gasteiger partial charge in [0.2, 0.25) is 0 Å². The average Bonchev–Trinajstić information content (AvgIpc) is 2.87. The average molecular weight is 349 g/mol. The van der Waals surface area contributed by atoms with Crippen molar-refractivity contribution in [1.29, 1.82) is 5.26 Å². The van der Waals surface area contributed by atoms with E-state index in [-0.39, 0.29) is 5.91 Å². The quantitative estimate of drug-likeness (QED) is 0.731. The molecule has 0 unspecified atom stereocenters. The molecule has 5 heteroatoms. The second-order valence-electron chi connectivity index (χ2n) is 5.98. The van der Waals surface area contributed by atoms with Crippen molar-refractivity contribution >= 4 is 33.1 Å². The molecule has 0 fully saturated rings. The van der Waals surface area contributed by atoms with Crippen molar-refractivity contribution in [3.8, 4) is 6.07 Å². The van der Waals surface area contributed by atoms with Crippen molar-refractivity contribution in [3.63, 3.8) is 0 Å². The largest absolute Gasteiger partial charge is 0.312 e. The zero-order chi connectivity index (χ0) is 18.1. The van der Waals surface area contributed by atoms with E-state index in [9.17, 15) is 10.1 Å². The lowest BCUT2D eigenvalue weighted by Gasteiger charge is -2.13. The first-order valence-electron chi connectivity index (χ1n) is 8.17. The normalized spacial score (nSPS) is 10.7. The van der Waals surface area contributed by atoms with Gasteiger partial charge in [-0.15, -0.1) is 11.3 Å². The molecule has 3 rings (SSSR count). The van der Waals surface area contributed by atoms with Gasteiger partial charge in [0, 0.05) is 16.0 Å². The van der Waals surface area contributed by atoms with Crippen molar-refractivity contribution in [3.05, 3.63) is 57.1 Å². The highest BCUT2D eigenvalue weighted by Crippen LogP contribution is 2.33. The van der Waals surface area contributed by atoms with E-state index in [0.29, 0.717) is 16.1 Å². The Balaban J connectivity index is 2.13. The summed E-state index contributed by atoms with van der Waals surface area (Å²) in [5.41, 5.74) is 4.73. The number of fused-ring (bicyclic) bond motifs is 1. The molecule has 1 aromatic carbocycles. The molecule has 25 heavy (non-hydrogen) atoms. The first-order chi connectivity index (χ1) is 12.0. The molecule has 0 saturated carbocycles. The van der Waals surface area contributed by atoms with Crippen LogP contribution in [0.3, 0.4) is 0 Å². The van der Waals surface area contributed by atoms with Gasteiger partial charge in [-0.05, 0) is 44.4 Å². The molecule has 0 atom stereocenters. The summed E-state index contributed by atoms with van der Waals surface area (Å²) in [6.07, 6.45) is 0.762. The first-order valence-corrected chi connectivity index (χ1v) is 8.99. The Labute approximate surface area is 151 Å². The predicted octanol–water partition coefficient (Wildman–Crippen LogP) is 4.91. The molecule has 126 valence electrons. The summed E-state index contributed by atoms with van der Waals surface area (Å²) in [5, 5.41) is 13.8. The molecule has 2 aromatic heterocycles. The van der Waals surface area contributed by atoms with Crippen LogP contribution >= 0.6 is 11.3 Å². The fourth-order valence-corrected chi connectivity index (χ4v) is 4.02. The molecule has 0 bridgehead atoms. The second-order valence-corrected chi connectivity index (χ2v) is 7.21. The highest BCUT2D eigenvalue weighted by atomic mass is 32.1. The minimum atomic E-state index is -0.191. The van der Waals surface area contributed by atoms with E-state index in [1.807, 2.05) is 52.0 Å². The predicted molar refractivity (Wildman–Crippen MR) is 102 cm³/mol. The van der Waals surface area contributed by atoms with Crippen LogP contribution in [0.25, 0.3) is 10.9 Å². The number of hydrogen-bond acceptors (Lipinski definition) is 4. The lowest BCUT2D eigenvalue weighted by atomic mass is 9.99. The van der Waals surface area contributed by atoms with Crippen molar-refractivity contribution in [2.45, 2.75) is 34.1 Å². The van der Waals surface area contributed by atoms with Gasteiger partial charge < -0.3 is 5.32 Å². The van der Waals surface area contributed by atoms with Crippen LogP contribution in [0.1, 0.15) is 44.5 Å². The second kappa shape index (κ2) is 6.66. The van der Waals surface area contributed by atoms with Crippen LogP contribution in [0.5, 0.6) is 0 Å². The summed E-state index contributed by atoms with van der Waals surface area (Å²) < 4.78 is 0. The number of thiophene rings is 1. The van der Waals surface area contributed by atoms with Crippen LogP contribution in [0, 0.1) is 32.1 Å². The van der Waals surface area contributed by atoms with E-state index in [0.717, 1.165) is 39.0 Å². The van der Waals surface area contributed by atoms with Gasteiger partial charge in [-0.1, -0.05) is 25.1 Å². The van der Waals surface area contributed by atoms with Crippen LogP contribution in [0.4, 0.5) is 5.00 Å². The third-order valence-electron chi connectivity index (χ3n) is 4.52. The molecule has 3 aromatic rings. The number of carbonyl (C=O) groups excluding carboxylic acids is 1. The summed E-state index contributed by atoms with van der Waals surface area (Å²) in [5.74, 6) is -0.191. The summed E-state index contributed by atoms with van der Waals surface area (Å²) in [6.45, 7) is 7.83. The van der Waals surface area contributed by atoms with Crippen molar-refractivity contribution in [2.24, 2.45) is 0 Å². The topological polar surface area (TPSA) is 65.8 Å². The molecule has 1 N–H and O–H groups in total. The molecular weight excluding hydrogens is 330 g/mol. The van der Waals surface area contributed by atoms with E-state index in [1.165, 1.54) is 11.3 Å². The van der Waals surface area contributed by atoms with Gasteiger partial charge in [0.05, 0.1) is 16.6 Å². The molecule has 0 saturated heterocycles. The number of rotatable bonds is 3. The SMILES string of the molecule is CCc1nc2ccccc2c(C(=O)Nc2sc(C)c(C)c2C#N)c1C. The molecule has 0 radical (unpaired) electrons. The Kier molecular flexibility index (Phi) is 4.56. The Morgan fingerprint density at radius 2 is 1.96 bits per heavy atom. The standard InChI is InChI=1S/C20H19N3OS/c1-5-16-12(3)18(14-8-6-7-9-17(14)22-16)19(24)23-20-15(10-21)11(2)13(4)25-20/h6-9H,5H2,1-4H3,(H,23,24). The maximum atomic E-state index is 13.1. The lowest BCUT2D eigenvalue weighted by Crippen LogP contribution is -2.15. The van der Waals surface area contributed by atoms with E-state index >= 15 is 0 Å². The third kappa shape index (κ3) is 2.90. The number of aromatic nitrogens is 1. The number of pyridine rings is 1.